The van der Waals surface area contributed by atoms with E-state index in [1.807, 2.05) is 12.3 Å². The molecular weight excluding hydrogens is 348 g/mol. The maximum absolute atomic E-state index is 11.8. The molecule has 0 radical (unpaired) electrons. The predicted molar refractivity (Wildman–Crippen MR) is 93.0 cm³/mol. The number of carbonyl (C=O) groups is 2. The SMILES string of the molecule is Cc1nc(NC(=O)NCC(=O)N(C)C)sc1-c1csc(CC#N)n1. The Labute approximate surface area is 147 Å². The van der Waals surface area contributed by atoms with Crippen LogP contribution in [0.15, 0.2) is 5.38 Å². The molecule has 10 heteroatoms. The van der Waals surface area contributed by atoms with E-state index in [1.165, 1.54) is 27.6 Å². The van der Waals surface area contributed by atoms with Crippen LogP contribution in [0.25, 0.3) is 10.6 Å². The van der Waals surface area contributed by atoms with Crippen LogP contribution in [-0.4, -0.2) is 47.4 Å². The summed E-state index contributed by atoms with van der Waals surface area (Å²) in [5.41, 5.74) is 1.49. The van der Waals surface area contributed by atoms with Gasteiger partial charge in [-0.1, -0.05) is 11.3 Å². The van der Waals surface area contributed by atoms with E-state index in [-0.39, 0.29) is 18.9 Å². The van der Waals surface area contributed by atoms with Crippen molar-refractivity contribution in [2.75, 3.05) is 26.0 Å². The molecule has 2 N–H and O–H groups in total. The molecule has 0 fully saturated rings. The van der Waals surface area contributed by atoms with E-state index in [1.54, 1.807) is 14.1 Å². The van der Waals surface area contributed by atoms with Gasteiger partial charge in [0.15, 0.2) is 5.13 Å². The molecule has 0 saturated heterocycles. The van der Waals surface area contributed by atoms with Gasteiger partial charge in [-0.05, 0) is 6.92 Å². The summed E-state index contributed by atoms with van der Waals surface area (Å²) in [5, 5.41) is 16.8. The number of nitrogens with one attached hydrogen (secondary N) is 2. The van der Waals surface area contributed by atoms with Gasteiger partial charge in [0.1, 0.15) is 5.01 Å². The third kappa shape index (κ3) is 4.50. The minimum atomic E-state index is -0.492. The number of anilines is 1. The van der Waals surface area contributed by atoms with Crippen LogP contribution in [0.1, 0.15) is 10.7 Å². The number of carbonyl (C=O) groups excluding carboxylic acids is 2. The Kier molecular flexibility index (Phi) is 5.83. The van der Waals surface area contributed by atoms with Gasteiger partial charge in [-0.15, -0.1) is 11.3 Å². The second-order valence-corrected chi connectivity index (χ2v) is 6.93. The molecule has 0 aliphatic carbocycles. The lowest BCUT2D eigenvalue weighted by atomic mass is 10.3. The maximum Gasteiger partial charge on any atom is 0.321 e. The molecule has 0 aliphatic heterocycles. The molecule has 2 rings (SSSR count). The molecule has 8 nitrogen and oxygen atoms in total. The molecule has 0 spiro atoms. The number of hydrogen-bond donors (Lipinski definition) is 2. The highest BCUT2D eigenvalue weighted by atomic mass is 32.1. The lowest BCUT2D eigenvalue weighted by Gasteiger charge is -2.10. The highest BCUT2D eigenvalue weighted by Gasteiger charge is 2.15. The van der Waals surface area contributed by atoms with Gasteiger partial charge in [-0.25, -0.2) is 14.8 Å². The van der Waals surface area contributed by atoms with Crippen molar-refractivity contribution in [3.8, 4) is 16.6 Å². The molecule has 2 aromatic heterocycles. The number of rotatable bonds is 5. The Balaban J connectivity index is 2.01. The number of nitriles is 1. The van der Waals surface area contributed by atoms with Crippen molar-refractivity contribution in [1.82, 2.24) is 20.2 Å². The number of hydrogen-bond acceptors (Lipinski definition) is 7. The molecule has 0 aromatic carbocycles. The highest BCUT2D eigenvalue weighted by Crippen LogP contribution is 2.33. The van der Waals surface area contributed by atoms with Gasteiger partial charge in [-0.3, -0.25) is 10.1 Å². The monoisotopic (exact) mass is 364 g/mol. The van der Waals surface area contributed by atoms with Gasteiger partial charge >= 0.3 is 6.03 Å². The van der Waals surface area contributed by atoms with Crippen molar-refractivity contribution in [3.63, 3.8) is 0 Å². The molecule has 0 saturated carbocycles. The van der Waals surface area contributed by atoms with Gasteiger partial charge in [0, 0.05) is 19.5 Å². The van der Waals surface area contributed by atoms with Gasteiger partial charge in [-0.2, -0.15) is 5.26 Å². The molecule has 3 amide bonds. The summed E-state index contributed by atoms with van der Waals surface area (Å²) in [6.45, 7) is 1.74. The molecule has 0 atom stereocenters. The normalized spacial score (nSPS) is 10.1. The number of thiazole rings is 2. The van der Waals surface area contributed by atoms with Gasteiger partial charge in [0.05, 0.1) is 35.3 Å². The van der Waals surface area contributed by atoms with Crippen molar-refractivity contribution in [2.45, 2.75) is 13.3 Å². The topological polar surface area (TPSA) is 111 Å². The van der Waals surface area contributed by atoms with E-state index in [0.717, 1.165) is 21.3 Å². The van der Waals surface area contributed by atoms with Crippen molar-refractivity contribution in [1.29, 1.82) is 5.26 Å². The van der Waals surface area contributed by atoms with Crippen molar-refractivity contribution in [2.24, 2.45) is 0 Å². The fraction of sp³-hybridized carbons (Fsp3) is 0.357. The Morgan fingerprint density at radius 2 is 2.12 bits per heavy atom. The van der Waals surface area contributed by atoms with E-state index >= 15 is 0 Å². The number of nitrogens with zero attached hydrogens (tertiary/aromatic N) is 4. The Morgan fingerprint density at radius 3 is 2.79 bits per heavy atom. The average Bonchev–Trinajstić information content (AvgIpc) is 3.11. The average molecular weight is 364 g/mol. The minimum absolute atomic E-state index is 0.0837. The predicted octanol–water partition coefficient (Wildman–Crippen LogP) is 1.85. The quantitative estimate of drug-likeness (QED) is 0.841. The van der Waals surface area contributed by atoms with Crippen LogP contribution in [0.5, 0.6) is 0 Å². The zero-order chi connectivity index (χ0) is 17.7. The van der Waals surface area contributed by atoms with Crippen molar-refractivity contribution < 1.29 is 9.59 Å². The number of amides is 3. The largest absolute Gasteiger partial charge is 0.347 e. The fourth-order valence-corrected chi connectivity index (χ4v) is 3.42. The first-order chi connectivity index (χ1) is 11.4. The highest BCUT2D eigenvalue weighted by molar-refractivity contribution is 7.19. The van der Waals surface area contributed by atoms with Crippen molar-refractivity contribution >= 4 is 39.7 Å². The fourth-order valence-electron chi connectivity index (χ4n) is 1.71. The van der Waals surface area contributed by atoms with E-state index in [0.29, 0.717) is 5.13 Å². The molecule has 2 aromatic rings. The summed E-state index contributed by atoms with van der Waals surface area (Å²) in [4.78, 5) is 34.2. The molecule has 2 heterocycles. The lowest BCUT2D eigenvalue weighted by molar-refractivity contribution is -0.127. The summed E-state index contributed by atoms with van der Waals surface area (Å²) >= 11 is 2.71. The van der Waals surface area contributed by atoms with Gasteiger partial charge in [0.25, 0.3) is 0 Å². The van der Waals surface area contributed by atoms with Crippen LogP contribution in [0.2, 0.25) is 0 Å². The van der Waals surface area contributed by atoms with E-state index in [4.69, 9.17) is 5.26 Å². The number of aryl methyl sites for hydroxylation is 1. The minimum Gasteiger partial charge on any atom is -0.347 e. The number of urea groups is 1. The van der Waals surface area contributed by atoms with E-state index < -0.39 is 6.03 Å². The van der Waals surface area contributed by atoms with Crippen molar-refractivity contribution in [3.05, 3.63) is 16.1 Å². The van der Waals surface area contributed by atoms with Gasteiger partial charge in [0.2, 0.25) is 5.91 Å². The first-order valence-corrected chi connectivity index (χ1v) is 8.64. The first kappa shape index (κ1) is 17.8. The standard InChI is InChI=1S/C14H16N6O2S2/c1-8-12(9-7-23-10(18-9)4-5-15)24-14(17-8)19-13(22)16-6-11(21)20(2)3/h7H,4,6H2,1-3H3,(H2,16,17,19,22). The van der Waals surface area contributed by atoms with Crippen LogP contribution in [0.3, 0.4) is 0 Å². The summed E-state index contributed by atoms with van der Waals surface area (Å²) in [7, 11) is 3.24. The van der Waals surface area contributed by atoms with E-state index in [2.05, 4.69) is 26.7 Å². The number of aromatic nitrogens is 2. The summed E-state index contributed by atoms with van der Waals surface area (Å²) < 4.78 is 0. The Hall–Kier alpha value is -2.51. The van der Waals surface area contributed by atoms with Crippen LogP contribution >= 0.6 is 22.7 Å². The maximum atomic E-state index is 11.8. The van der Waals surface area contributed by atoms with Crippen LogP contribution in [-0.2, 0) is 11.2 Å². The zero-order valence-electron chi connectivity index (χ0n) is 13.4. The molecule has 0 bridgehead atoms. The van der Waals surface area contributed by atoms with E-state index in [9.17, 15) is 9.59 Å². The summed E-state index contributed by atoms with van der Waals surface area (Å²) in [6.07, 6.45) is 0.274. The molecule has 126 valence electrons. The third-order valence-corrected chi connectivity index (χ3v) is 4.87. The zero-order valence-corrected chi connectivity index (χ0v) is 15.0. The second kappa shape index (κ2) is 7.85. The second-order valence-electron chi connectivity index (χ2n) is 4.99. The summed E-state index contributed by atoms with van der Waals surface area (Å²) in [6, 6.07) is 1.57. The van der Waals surface area contributed by atoms with Gasteiger partial charge < -0.3 is 10.2 Å². The molecule has 0 aliphatic rings. The molecular formula is C14H16N6O2S2. The van der Waals surface area contributed by atoms with Crippen LogP contribution < -0.4 is 10.6 Å². The smallest absolute Gasteiger partial charge is 0.321 e. The summed E-state index contributed by atoms with van der Waals surface area (Å²) in [5.74, 6) is -0.200. The first-order valence-electron chi connectivity index (χ1n) is 6.95. The Morgan fingerprint density at radius 1 is 1.38 bits per heavy atom. The lowest BCUT2D eigenvalue weighted by Crippen LogP contribution is -2.38. The molecule has 24 heavy (non-hydrogen) atoms. The van der Waals surface area contributed by atoms with Crippen LogP contribution in [0.4, 0.5) is 9.93 Å². The Bertz CT molecular complexity index is 790. The van der Waals surface area contributed by atoms with Crippen LogP contribution in [0, 0.1) is 18.3 Å². The molecule has 0 unspecified atom stereocenters. The number of likely N-dealkylation sites (N-methyl/N-ethyl adjacent to an activating group) is 1. The third-order valence-electron chi connectivity index (χ3n) is 2.93.